The SMILES string of the molecule is CNS(=O)(=O)c1ccc(CNC(=O)c2cc3c(s2)-c2ccccc2CC3)s1. The van der Waals surface area contributed by atoms with Gasteiger partial charge < -0.3 is 5.32 Å². The molecule has 0 saturated carbocycles. The molecule has 3 aromatic rings. The van der Waals surface area contributed by atoms with E-state index in [1.54, 1.807) is 12.1 Å². The van der Waals surface area contributed by atoms with Gasteiger partial charge in [-0.1, -0.05) is 24.3 Å². The Morgan fingerprint density at radius 3 is 2.67 bits per heavy atom. The van der Waals surface area contributed by atoms with Gasteiger partial charge in [0.05, 0.1) is 11.4 Å². The zero-order chi connectivity index (χ0) is 19.0. The molecule has 0 saturated heterocycles. The number of rotatable bonds is 5. The molecule has 0 unspecified atom stereocenters. The van der Waals surface area contributed by atoms with Gasteiger partial charge in [-0.2, -0.15) is 0 Å². The molecular formula is C19H18N2O3S3. The first-order chi connectivity index (χ1) is 13.0. The molecule has 0 spiro atoms. The van der Waals surface area contributed by atoms with Gasteiger partial charge in [0, 0.05) is 9.75 Å². The fraction of sp³-hybridized carbons (Fsp3) is 0.211. The second kappa shape index (κ2) is 7.20. The van der Waals surface area contributed by atoms with E-state index in [0.717, 1.165) is 29.1 Å². The summed E-state index contributed by atoms with van der Waals surface area (Å²) in [4.78, 5) is 15.2. The van der Waals surface area contributed by atoms with Crippen LogP contribution in [0.25, 0.3) is 10.4 Å². The second-order valence-corrected chi connectivity index (χ2v) is 10.6. The quantitative estimate of drug-likeness (QED) is 0.667. The molecule has 2 aromatic heterocycles. The van der Waals surface area contributed by atoms with E-state index < -0.39 is 10.0 Å². The third-order valence-corrected chi connectivity index (χ3v) is 8.75. The second-order valence-electron chi connectivity index (χ2n) is 6.23. The summed E-state index contributed by atoms with van der Waals surface area (Å²) in [7, 11) is -2.06. The normalized spacial score (nSPS) is 13.1. The first-order valence-electron chi connectivity index (χ1n) is 8.49. The van der Waals surface area contributed by atoms with Crippen molar-refractivity contribution in [3.05, 3.63) is 63.3 Å². The zero-order valence-electron chi connectivity index (χ0n) is 14.6. The molecule has 0 atom stereocenters. The lowest BCUT2D eigenvalue weighted by molar-refractivity contribution is 0.0955. The molecule has 1 amide bonds. The molecular weight excluding hydrogens is 400 g/mol. The fourth-order valence-electron chi connectivity index (χ4n) is 3.14. The molecule has 1 aliphatic carbocycles. The Labute approximate surface area is 166 Å². The summed E-state index contributed by atoms with van der Waals surface area (Å²) in [6, 6.07) is 13.6. The molecule has 27 heavy (non-hydrogen) atoms. The topological polar surface area (TPSA) is 75.3 Å². The monoisotopic (exact) mass is 418 g/mol. The predicted octanol–water partition coefficient (Wildman–Crippen LogP) is 3.41. The van der Waals surface area contributed by atoms with Crippen molar-refractivity contribution in [2.75, 3.05) is 7.05 Å². The maximum atomic E-state index is 12.6. The van der Waals surface area contributed by atoms with Crippen LogP contribution in [0.15, 0.2) is 46.7 Å². The minimum Gasteiger partial charge on any atom is -0.346 e. The van der Waals surface area contributed by atoms with Crippen molar-refractivity contribution >= 4 is 38.6 Å². The van der Waals surface area contributed by atoms with Gasteiger partial charge in [-0.3, -0.25) is 4.79 Å². The molecule has 140 valence electrons. The van der Waals surface area contributed by atoms with E-state index in [2.05, 4.69) is 28.2 Å². The number of thiophene rings is 2. The highest BCUT2D eigenvalue weighted by Gasteiger charge is 2.21. The Kier molecular flexibility index (Phi) is 4.90. The Bertz CT molecular complexity index is 1110. The molecule has 0 aliphatic heterocycles. The van der Waals surface area contributed by atoms with Crippen LogP contribution in [-0.4, -0.2) is 21.4 Å². The van der Waals surface area contributed by atoms with E-state index in [1.807, 2.05) is 12.1 Å². The van der Waals surface area contributed by atoms with Crippen LogP contribution in [0.2, 0.25) is 0 Å². The number of amides is 1. The summed E-state index contributed by atoms with van der Waals surface area (Å²) >= 11 is 2.68. The van der Waals surface area contributed by atoms with E-state index in [1.165, 1.54) is 40.0 Å². The molecule has 1 aromatic carbocycles. The molecule has 5 nitrogen and oxygen atoms in total. The molecule has 2 heterocycles. The Morgan fingerprint density at radius 1 is 1.07 bits per heavy atom. The average molecular weight is 419 g/mol. The standard InChI is InChI=1S/C19H18N2O3S3/c1-20-27(23,24)17-9-8-14(25-17)11-21-19(22)16-10-13-7-6-12-4-2-3-5-15(12)18(13)26-16/h2-5,8-10,20H,6-7,11H2,1H3,(H,21,22). The van der Waals surface area contributed by atoms with Gasteiger partial charge in [-0.15, -0.1) is 22.7 Å². The summed E-state index contributed by atoms with van der Waals surface area (Å²) < 4.78 is 26.1. The fourth-order valence-corrected chi connectivity index (χ4v) is 6.46. The van der Waals surface area contributed by atoms with Crippen LogP contribution in [0.3, 0.4) is 0 Å². The molecule has 0 bridgehead atoms. The van der Waals surface area contributed by atoms with Gasteiger partial charge >= 0.3 is 0 Å². The van der Waals surface area contributed by atoms with E-state index >= 15 is 0 Å². The number of hydrogen-bond acceptors (Lipinski definition) is 5. The maximum absolute atomic E-state index is 12.6. The van der Waals surface area contributed by atoms with Crippen LogP contribution in [0.1, 0.15) is 25.7 Å². The Morgan fingerprint density at radius 2 is 1.85 bits per heavy atom. The Hall–Kier alpha value is -2.00. The number of fused-ring (bicyclic) bond motifs is 3. The largest absolute Gasteiger partial charge is 0.346 e. The minimum atomic E-state index is -3.44. The van der Waals surface area contributed by atoms with Gasteiger partial charge in [0.2, 0.25) is 10.0 Å². The maximum Gasteiger partial charge on any atom is 0.261 e. The van der Waals surface area contributed by atoms with E-state index in [-0.39, 0.29) is 10.1 Å². The van der Waals surface area contributed by atoms with Crippen molar-refractivity contribution in [3.8, 4) is 10.4 Å². The first kappa shape index (κ1) is 18.4. The van der Waals surface area contributed by atoms with Crippen molar-refractivity contribution < 1.29 is 13.2 Å². The number of hydrogen-bond donors (Lipinski definition) is 2. The van der Waals surface area contributed by atoms with E-state index in [9.17, 15) is 13.2 Å². The predicted molar refractivity (Wildman–Crippen MR) is 109 cm³/mol. The molecule has 8 heteroatoms. The summed E-state index contributed by atoms with van der Waals surface area (Å²) in [5.41, 5.74) is 3.78. The highest BCUT2D eigenvalue weighted by Crippen LogP contribution is 2.39. The van der Waals surface area contributed by atoms with Crippen LogP contribution in [-0.2, 0) is 29.4 Å². The van der Waals surface area contributed by atoms with Gasteiger partial charge in [0.25, 0.3) is 5.91 Å². The van der Waals surface area contributed by atoms with Crippen molar-refractivity contribution in [1.29, 1.82) is 0 Å². The van der Waals surface area contributed by atoms with Crippen molar-refractivity contribution in [2.24, 2.45) is 0 Å². The first-order valence-corrected chi connectivity index (χ1v) is 11.6. The molecule has 2 N–H and O–H groups in total. The number of carbonyl (C=O) groups is 1. The summed E-state index contributed by atoms with van der Waals surface area (Å²) in [6.07, 6.45) is 1.95. The van der Waals surface area contributed by atoms with Crippen molar-refractivity contribution in [2.45, 2.75) is 23.6 Å². The highest BCUT2D eigenvalue weighted by molar-refractivity contribution is 7.91. The Balaban J connectivity index is 1.49. The van der Waals surface area contributed by atoms with Gasteiger partial charge in [-0.05, 0) is 54.8 Å². The summed E-state index contributed by atoms with van der Waals surface area (Å²) in [5.74, 6) is -0.127. The number of sulfonamides is 1. The lowest BCUT2D eigenvalue weighted by Gasteiger charge is -2.15. The van der Waals surface area contributed by atoms with Crippen LogP contribution >= 0.6 is 22.7 Å². The van der Waals surface area contributed by atoms with Crippen LogP contribution in [0.5, 0.6) is 0 Å². The lowest BCUT2D eigenvalue weighted by Crippen LogP contribution is -2.21. The average Bonchev–Trinajstić information content (AvgIpc) is 3.33. The number of benzene rings is 1. The highest BCUT2D eigenvalue weighted by atomic mass is 32.2. The molecule has 4 rings (SSSR count). The number of carbonyl (C=O) groups excluding carboxylic acids is 1. The third-order valence-electron chi connectivity index (χ3n) is 4.55. The summed E-state index contributed by atoms with van der Waals surface area (Å²) in [6.45, 7) is 0.307. The van der Waals surface area contributed by atoms with Crippen LogP contribution in [0, 0.1) is 0 Å². The van der Waals surface area contributed by atoms with Crippen molar-refractivity contribution in [3.63, 3.8) is 0 Å². The number of nitrogens with one attached hydrogen (secondary N) is 2. The van der Waals surface area contributed by atoms with Gasteiger partial charge in [0.1, 0.15) is 4.21 Å². The minimum absolute atomic E-state index is 0.127. The van der Waals surface area contributed by atoms with Gasteiger partial charge in [-0.25, -0.2) is 13.1 Å². The molecule has 0 fully saturated rings. The van der Waals surface area contributed by atoms with E-state index in [0.29, 0.717) is 11.4 Å². The van der Waals surface area contributed by atoms with Gasteiger partial charge in [0.15, 0.2) is 0 Å². The zero-order valence-corrected chi connectivity index (χ0v) is 17.1. The van der Waals surface area contributed by atoms with E-state index in [4.69, 9.17) is 0 Å². The third kappa shape index (κ3) is 3.58. The molecule has 0 radical (unpaired) electrons. The lowest BCUT2D eigenvalue weighted by atomic mass is 9.91. The molecule has 1 aliphatic rings. The van der Waals surface area contributed by atoms with Crippen molar-refractivity contribution in [1.82, 2.24) is 10.0 Å². The smallest absolute Gasteiger partial charge is 0.261 e. The van der Waals surface area contributed by atoms with Crippen LogP contribution in [0.4, 0.5) is 0 Å². The summed E-state index contributed by atoms with van der Waals surface area (Å²) in [5, 5.41) is 2.90. The van der Waals surface area contributed by atoms with Crippen LogP contribution < -0.4 is 10.0 Å². The number of aryl methyl sites for hydroxylation is 2.